The van der Waals surface area contributed by atoms with E-state index in [1.165, 1.54) is 5.56 Å². The molecular weight excluding hydrogens is 420 g/mol. The number of hydrogen-bond acceptors (Lipinski definition) is 7. The van der Waals surface area contributed by atoms with E-state index in [1.54, 1.807) is 7.11 Å². The van der Waals surface area contributed by atoms with E-state index >= 15 is 0 Å². The summed E-state index contributed by atoms with van der Waals surface area (Å²) in [6.07, 6.45) is 2.53. The number of amides is 1. The van der Waals surface area contributed by atoms with Crippen LogP contribution in [-0.2, 0) is 11.2 Å². The minimum absolute atomic E-state index is 0.0699. The van der Waals surface area contributed by atoms with Crippen LogP contribution in [0, 0.1) is 5.92 Å². The molecule has 33 heavy (non-hydrogen) atoms. The Kier molecular flexibility index (Phi) is 7.44. The first-order valence-electron chi connectivity index (χ1n) is 11.4. The summed E-state index contributed by atoms with van der Waals surface area (Å²) < 4.78 is 16.2. The molecule has 1 aliphatic rings. The molecule has 1 N–H and O–H groups in total. The summed E-state index contributed by atoms with van der Waals surface area (Å²) in [5.74, 6) is 2.13. The summed E-state index contributed by atoms with van der Waals surface area (Å²) in [6.45, 7) is 4.58. The summed E-state index contributed by atoms with van der Waals surface area (Å²) in [5.41, 5.74) is 2.02. The van der Waals surface area contributed by atoms with Gasteiger partial charge in [-0.25, -0.2) is 0 Å². The lowest BCUT2D eigenvalue weighted by molar-refractivity contribution is -0.125. The summed E-state index contributed by atoms with van der Waals surface area (Å²) in [6, 6.07) is 16.0. The van der Waals surface area contributed by atoms with Gasteiger partial charge >= 0.3 is 6.01 Å². The fraction of sp³-hybridized carbons (Fsp3) is 0.400. The fourth-order valence-corrected chi connectivity index (χ4v) is 3.96. The second kappa shape index (κ2) is 10.8. The van der Waals surface area contributed by atoms with Crippen LogP contribution in [0.1, 0.15) is 25.3 Å². The van der Waals surface area contributed by atoms with E-state index in [-0.39, 0.29) is 11.8 Å². The Morgan fingerprint density at radius 3 is 2.64 bits per heavy atom. The van der Waals surface area contributed by atoms with Gasteiger partial charge in [-0.2, -0.15) is 4.98 Å². The van der Waals surface area contributed by atoms with Gasteiger partial charge in [0.25, 0.3) is 0 Å². The van der Waals surface area contributed by atoms with Crippen LogP contribution in [0.5, 0.6) is 11.5 Å². The molecule has 1 aliphatic heterocycles. The molecule has 0 aliphatic carbocycles. The molecule has 1 fully saturated rings. The molecule has 2 heterocycles. The molecular formula is C25H30N4O4. The van der Waals surface area contributed by atoms with Crippen LogP contribution in [0.2, 0.25) is 0 Å². The van der Waals surface area contributed by atoms with Gasteiger partial charge in [0.15, 0.2) is 0 Å². The van der Waals surface area contributed by atoms with Crippen molar-refractivity contribution in [2.45, 2.75) is 26.2 Å². The van der Waals surface area contributed by atoms with Gasteiger partial charge in [-0.05, 0) is 68.1 Å². The van der Waals surface area contributed by atoms with Crippen molar-refractivity contribution >= 4 is 11.9 Å². The number of ether oxygens (including phenoxy) is 2. The largest absolute Gasteiger partial charge is 0.497 e. The van der Waals surface area contributed by atoms with Crippen LogP contribution in [-0.4, -0.2) is 49.4 Å². The number of anilines is 1. The van der Waals surface area contributed by atoms with Crippen molar-refractivity contribution in [3.8, 4) is 22.9 Å². The average molecular weight is 451 g/mol. The zero-order chi connectivity index (χ0) is 23.0. The Balaban J connectivity index is 1.29. The maximum Gasteiger partial charge on any atom is 0.324 e. The second-order valence-electron chi connectivity index (χ2n) is 8.03. The highest BCUT2D eigenvalue weighted by Gasteiger charge is 2.28. The number of nitrogens with zero attached hydrogens (tertiary/aromatic N) is 3. The Hall–Kier alpha value is -3.55. The first kappa shape index (κ1) is 22.6. The zero-order valence-corrected chi connectivity index (χ0v) is 19.1. The van der Waals surface area contributed by atoms with Crippen molar-refractivity contribution in [2.24, 2.45) is 5.92 Å². The molecule has 1 aromatic heterocycles. The van der Waals surface area contributed by atoms with E-state index in [1.807, 2.05) is 60.4 Å². The first-order valence-corrected chi connectivity index (χ1v) is 11.4. The van der Waals surface area contributed by atoms with Gasteiger partial charge in [-0.15, -0.1) is 0 Å². The van der Waals surface area contributed by atoms with Gasteiger partial charge in [-0.1, -0.05) is 17.3 Å². The lowest BCUT2D eigenvalue weighted by Gasteiger charge is -2.30. The summed E-state index contributed by atoms with van der Waals surface area (Å²) in [4.78, 5) is 19.3. The third-order valence-electron chi connectivity index (χ3n) is 5.77. The first-order chi connectivity index (χ1) is 16.2. The number of rotatable bonds is 9. The number of carbonyl (C=O) groups is 1. The number of benzene rings is 2. The van der Waals surface area contributed by atoms with Gasteiger partial charge in [-0.3, -0.25) is 4.79 Å². The van der Waals surface area contributed by atoms with E-state index in [2.05, 4.69) is 15.5 Å². The number of methoxy groups -OCH3 is 1. The third kappa shape index (κ3) is 5.83. The monoisotopic (exact) mass is 450 g/mol. The molecule has 8 nitrogen and oxygen atoms in total. The Labute approximate surface area is 193 Å². The Morgan fingerprint density at radius 2 is 1.91 bits per heavy atom. The zero-order valence-electron chi connectivity index (χ0n) is 19.1. The van der Waals surface area contributed by atoms with E-state index in [0.717, 1.165) is 42.9 Å². The number of nitrogens with one attached hydrogen (secondary N) is 1. The van der Waals surface area contributed by atoms with E-state index < -0.39 is 0 Å². The van der Waals surface area contributed by atoms with E-state index in [9.17, 15) is 4.79 Å². The van der Waals surface area contributed by atoms with Gasteiger partial charge in [0, 0.05) is 25.2 Å². The smallest absolute Gasteiger partial charge is 0.324 e. The standard InChI is InChI=1S/C25H30N4O4/c1-3-32-22-10-6-18(7-11-22)14-15-26-24(30)20-5-4-16-29(17-20)25-27-23(28-33-25)19-8-12-21(31-2)13-9-19/h6-13,20H,3-5,14-17H2,1-2H3,(H,26,30)/t20-/m0/s1. The molecule has 1 saturated heterocycles. The highest BCUT2D eigenvalue weighted by Crippen LogP contribution is 2.26. The molecule has 0 unspecified atom stereocenters. The van der Waals surface area contributed by atoms with Crippen LogP contribution < -0.4 is 19.7 Å². The summed E-state index contributed by atoms with van der Waals surface area (Å²) in [7, 11) is 1.63. The van der Waals surface area contributed by atoms with E-state index in [0.29, 0.717) is 31.5 Å². The molecule has 0 spiro atoms. The predicted octanol–water partition coefficient (Wildman–Crippen LogP) is 3.72. The lowest BCUT2D eigenvalue weighted by Crippen LogP contribution is -2.43. The fourth-order valence-electron chi connectivity index (χ4n) is 3.96. The average Bonchev–Trinajstić information content (AvgIpc) is 3.36. The molecule has 8 heteroatoms. The van der Waals surface area contributed by atoms with Crippen molar-refractivity contribution < 1.29 is 18.8 Å². The number of aromatic nitrogens is 2. The van der Waals surface area contributed by atoms with E-state index in [4.69, 9.17) is 14.0 Å². The molecule has 174 valence electrons. The maximum absolute atomic E-state index is 12.8. The Bertz CT molecular complexity index is 1030. The van der Waals surface area contributed by atoms with Crippen molar-refractivity contribution in [3.63, 3.8) is 0 Å². The Morgan fingerprint density at radius 1 is 1.15 bits per heavy atom. The lowest BCUT2D eigenvalue weighted by atomic mass is 9.97. The number of piperidine rings is 1. The number of hydrogen-bond donors (Lipinski definition) is 1. The molecule has 1 atom stereocenters. The molecule has 0 radical (unpaired) electrons. The highest BCUT2D eigenvalue weighted by atomic mass is 16.5. The summed E-state index contributed by atoms with van der Waals surface area (Å²) >= 11 is 0. The highest BCUT2D eigenvalue weighted by molar-refractivity contribution is 5.79. The quantitative estimate of drug-likeness (QED) is 0.531. The van der Waals surface area contributed by atoms with Crippen molar-refractivity contribution in [1.82, 2.24) is 15.5 Å². The molecule has 4 rings (SSSR count). The predicted molar refractivity (Wildman–Crippen MR) is 126 cm³/mol. The minimum Gasteiger partial charge on any atom is -0.497 e. The SMILES string of the molecule is CCOc1ccc(CCNC(=O)[C@H]2CCCN(c3nc(-c4ccc(OC)cc4)no3)C2)cc1. The normalized spacial score (nSPS) is 15.8. The van der Waals surface area contributed by atoms with Crippen LogP contribution in [0.3, 0.4) is 0 Å². The van der Waals surface area contributed by atoms with Gasteiger partial charge < -0.3 is 24.2 Å². The maximum atomic E-state index is 12.8. The van der Waals surface area contributed by atoms with Crippen molar-refractivity contribution in [1.29, 1.82) is 0 Å². The second-order valence-corrected chi connectivity index (χ2v) is 8.03. The van der Waals surface area contributed by atoms with Crippen LogP contribution in [0.4, 0.5) is 6.01 Å². The van der Waals surface area contributed by atoms with Crippen LogP contribution >= 0.6 is 0 Å². The van der Waals surface area contributed by atoms with Crippen LogP contribution in [0.15, 0.2) is 53.1 Å². The summed E-state index contributed by atoms with van der Waals surface area (Å²) in [5, 5.41) is 7.19. The molecule has 2 aromatic carbocycles. The molecule has 1 amide bonds. The molecule has 0 saturated carbocycles. The molecule has 0 bridgehead atoms. The topological polar surface area (TPSA) is 89.7 Å². The molecule has 3 aromatic rings. The van der Waals surface area contributed by atoms with Crippen molar-refractivity contribution in [3.05, 3.63) is 54.1 Å². The minimum atomic E-state index is -0.101. The van der Waals surface area contributed by atoms with Crippen LogP contribution in [0.25, 0.3) is 11.4 Å². The van der Waals surface area contributed by atoms with Crippen molar-refractivity contribution in [2.75, 3.05) is 38.3 Å². The third-order valence-corrected chi connectivity index (χ3v) is 5.77. The van der Waals surface area contributed by atoms with Gasteiger partial charge in [0.1, 0.15) is 11.5 Å². The number of carbonyl (C=O) groups excluding carboxylic acids is 1. The van der Waals surface area contributed by atoms with Gasteiger partial charge in [0.2, 0.25) is 11.7 Å². The van der Waals surface area contributed by atoms with Gasteiger partial charge in [0.05, 0.1) is 19.6 Å².